The predicted molar refractivity (Wildman–Crippen MR) is 165 cm³/mol. The summed E-state index contributed by atoms with van der Waals surface area (Å²) in [5, 5.41) is 9.70. The molecule has 1 atom stereocenters. The minimum absolute atomic E-state index is 0.0462. The number of likely N-dealkylation sites (tertiary alicyclic amines) is 1. The Morgan fingerprint density at radius 3 is 2.48 bits per heavy atom. The lowest BCUT2D eigenvalue weighted by atomic mass is 9.93. The van der Waals surface area contributed by atoms with Gasteiger partial charge >= 0.3 is 6.09 Å². The molecular weight excluding hydrogens is 580 g/mol. The number of aromatic nitrogens is 4. The first-order valence-electron chi connectivity index (χ1n) is 15.0. The molecule has 1 aromatic carbocycles. The summed E-state index contributed by atoms with van der Waals surface area (Å²) in [6.07, 6.45) is 6.55. The molecule has 1 fully saturated rings. The van der Waals surface area contributed by atoms with Crippen molar-refractivity contribution in [3.63, 3.8) is 0 Å². The van der Waals surface area contributed by atoms with E-state index in [9.17, 15) is 18.5 Å². The van der Waals surface area contributed by atoms with Gasteiger partial charge in [-0.05, 0) is 76.6 Å². The van der Waals surface area contributed by atoms with Crippen molar-refractivity contribution in [1.82, 2.24) is 28.3 Å². The first-order chi connectivity index (χ1) is 20.8. The number of sulfonamides is 1. The van der Waals surface area contributed by atoms with E-state index in [4.69, 9.17) is 4.74 Å². The molecule has 2 aromatic heterocycles. The van der Waals surface area contributed by atoms with Gasteiger partial charge in [0.05, 0.1) is 42.2 Å². The Hall–Kier alpha value is -3.89. The highest BCUT2D eigenvalue weighted by atomic mass is 32.2. The summed E-state index contributed by atoms with van der Waals surface area (Å²) >= 11 is 0. The molecule has 1 unspecified atom stereocenters. The number of ether oxygens (including phenoxy) is 1. The third kappa shape index (κ3) is 6.61. The number of nitriles is 1. The number of hydrogen-bond acceptors (Lipinski definition) is 8. The maximum Gasteiger partial charge on any atom is 0.410 e. The lowest BCUT2D eigenvalue weighted by molar-refractivity contribution is 0.0174. The van der Waals surface area contributed by atoms with Crippen LogP contribution in [0.15, 0.2) is 42.1 Å². The van der Waals surface area contributed by atoms with Crippen molar-refractivity contribution in [3.8, 4) is 6.07 Å². The van der Waals surface area contributed by atoms with Crippen LogP contribution in [0.4, 0.5) is 10.5 Å². The fraction of sp³-hybridized carbons (Fsp3) is 0.548. The van der Waals surface area contributed by atoms with E-state index in [1.54, 1.807) is 40.1 Å². The molecule has 12 nitrogen and oxygen atoms in total. The van der Waals surface area contributed by atoms with Crippen LogP contribution in [0, 0.1) is 24.2 Å². The Labute approximate surface area is 259 Å². The number of aryl methyl sites for hydroxylation is 2. The van der Waals surface area contributed by atoms with E-state index in [0.717, 1.165) is 16.9 Å². The first-order valence-corrected chi connectivity index (χ1v) is 16.4. The smallest absolute Gasteiger partial charge is 0.410 e. The first kappa shape index (κ1) is 31.5. The minimum Gasteiger partial charge on any atom is -0.444 e. The monoisotopic (exact) mass is 622 g/mol. The number of piperidine rings is 1. The Kier molecular flexibility index (Phi) is 8.77. The average molecular weight is 623 g/mol. The third-order valence-electron chi connectivity index (χ3n) is 8.56. The van der Waals surface area contributed by atoms with Crippen molar-refractivity contribution >= 4 is 21.8 Å². The molecule has 5 rings (SSSR count). The van der Waals surface area contributed by atoms with Gasteiger partial charge in [-0.2, -0.15) is 9.57 Å². The van der Waals surface area contributed by atoms with E-state index in [0.29, 0.717) is 63.2 Å². The fourth-order valence-electron chi connectivity index (χ4n) is 6.03. The standard InChI is InChI=1S/C31H42N8O4S/c1-22-29(34-21-35(22)5)44(41,42)39(17-23-9-11-37(12-10-23)30(40)43-31(2,3)4)26-14-25-13-24(15-32)7-8-28(25)38(18-26)19-27-16-33-20-36(27)6/h7-8,13,16,20-21,23,26H,9-12,14,17-19H2,1-6H3. The van der Waals surface area contributed by atoms with Gasteiger partial charge in [0, 0.05) is 58.2 Å². The zero-order chi connectivity index (χ0) is 31.8. The van der Waals surface area contributed by atoms with E-state index in [1.165, 1.54) is 6.33 Å². The van der Waals surface area contributed by atoms with Crippen LogP contribution in [0.2, 0.25) is 0 Å². The Morgan fingerprint density at radius 1 is 1.16 bits per heavy atom. The summed E-state index contributed by atoms with van der Waals surface area (Å²) in [6.45, 7) is 9.62. The van der Waals surface area contributed by atoms with Crippen molar-refractivity contribution in [3.05, 3.63) is 59.6 Å². The van der Waals surface area contributed by atoms with Gasteiger partial charge in [0.1, 0.15) is 5.60 Å². The van der Waals surface area contributed by atoms with Crippen LogP contribution >= 0.6 is 0 Å². The molecule has 0 spiro atoms. The average Bonchev–Trinajstić information content (AvgIpc) is 3.54. The molecule has 1 amide bonds. The van der Waals surface area contributed by atoms with Crippen molar-refractivity contribution in [2.24, 2.45) is 20.0 Å². The summed E-state index contributed by atoms with van der Waals surface area (Å²) < 4.78 is 39.8. The van der Waals surface area contributed by atoms with Crippen LogP contribution in [0.25, 0.3) is 0 Å². The maximum absolute atomic E-state index is 14.5. The van der Waals surface area contributed by atoms with Crippen LogP contribution in [0.3, 0.4) is 0 Å². The van der Waals surface area contributed by atoms with E-state index < -0.39 is 21.7 Å². The quantitative estimate of drug-likeness (QED) is 0.391. The second-order valence-electron chi connectivity index (χ2n) is 12.9. The normalized spacial score (nSPS) is 17.9. The van der Waals surface area contributed by atoms with Gasteiger partial charge in [0.15, 0.2) is 5.03 Å². The number of nitrogens with zero attached hydrogens (tertiary/aromatic N) is 8. The largest absolute Gasteiger partial charge is 0.444 e. The maximum atomic E-state index is 14.5. The molecule has 2 aliphatic rings. The molecule has 0 bridgehead atoms. The lowest BCUT2D eigenvalue weighted by Gasteiger charge is -2.42. The summed E-state index contributed by atoms with van der Waals surface area (Å²) in [4.78, 5) is 25.2. The topological polar surface area (TPSA) is 130 Å². The van der Waals surface area contributed by atoms with Gasteiger partial charge in [-0.15, -0.1) is 0 Å². The van der Waals surface area contributed by atoms with Crippen LogP contribution in [-0.2, 0) is 41.8 Å². The number of carbonyl (C=O) groups is 1. The van der Waals surface area contributed by atoms with E-state index in [1.807, 2.05) is 50.7 Å². The summed E-state index contributed by atoms with van der Waals surface area (Å²) in [5.41, 5.74) is 3.44. The Morgan fingerprint density at radius 2 is 1.89 bits per heavy atom. The molecule has 0 saturated carbocycles. The number of anilines is 1. The molecular formula is C31H42N8O4S. The van der Waals surface area contributed by atoms with Crippen LogP contribution in [0.5, 0.6) is 0 Å². The van der Waals surface area contributed by atoms with Crippen molar-refractivity contribution in [2.45, 2.75) is 70.2 Å². The molecule has 44 heavy (non-hydrogen) atoms. The van der Waals surface area contributed by atoms with E-state index >= 15 is 0 Å². The number of benzene rings is 1. The Bertz CT molecular complexity index is 1660. The van der Waals surface area contributed by atoms with Gasteiger partial charge < -0.3 is 23.7 Å². The number of amides is 1. The second kappa shape index (κ2) is 12.2. The third-order valence-corrected chi connectivity index (χ3v) is 10.5. The van der Waals surface area contributed by atoms with Gasteiger partial charge in [0.2, 0.25) is 0 Å². The predicted octanol–water partition coefficient (Wildman–Crippen LogP) is 3.60. The number of imidazole rings is 2. The minimum atomic E-state index is -3.99. The highest BCUT2D eigenvalue weighted by Crippen LogP contribution is 2.35. The zero-order valence-corrected chi connectivity index (χ0v) is 27.2. The van der Waals surface area contributed by atoms with Gasteiger partial charge in [-0.1, -0.05) is 0 Å². The highest BCUT2D eigenvalue weighted by Gasteiger charge is 2.40. The Balaban J connectivity index is 1.46. The number of carbonyl (C=O) groups excluding carboxylic acids is 1. The van der Waals surface area contributed by atoms with Crippen LogP contribution in [-0.4, -0.2) is 80.6 Å². The SMILES string of the molecule is Cc1c(S(=O)(=O)N(CC2CCN(C(=O)OC(C)(C)C)CC2)C2Cc3cc(C#N)ccc3N(Cc3cncn3C)C2)ncn1C. The summed E-state index contributed by atoms with van der Waals surface area (Å²) in [5.74, 6) is 0.0462. The molecule has 3 aromatic rings. The second-order valence-corrected chi connectivity index (χ2v) is 14.7. The molecule has 4 heterocycles. The molecule has 0 radical (unpaired) electrons. The molecule has 13 heteroatoms. The lowest BCUT2D eigenvalue weighted by Crippen LogP contribution is -2.53. The fourth-order valence-corrected chi connectivity index (χ4v) is 7.89. The number of hydrogen-bond donors (Lipinski definition) is 0. The molecule has 1 saturated heterocycles. The molecule has 0 N–H and O–H groups in total. The molecule has 236 valence electrons. The van der Waals surface area contributed by atoms with Crippen LogP contribution < -0.4 is 4.90 Å². The number of fused-ring (bicyclic) bond motifs is 1. The van der Waals surface area contributed by atoms with Gasteiger partial charge in [0.25, 0.3) is 10.0 Å². The van der Waals surface area contributed by atoms with Crippen molar-refractivity contribution in [1.29, 1.82) is 5.26 Å². The van der Waals surface area contributed by atoms with Crippen LogP contribution in [0.1, 0.15) is 56.1 Å². The van der Waals surface area contributed by atoms with Gasteiger partial charge in [-0.3, -0.25) is 0 Å². The van der Waals surface area contributed by atoms with E-state index in [-0.39, 0.29) is 17.0 Å². The summed E-state index contributed by atoms with van der Waals surface area (Å²) in [6, 6.07) is 7.45. The van der Waals surface area contributed by atoms with Crippen molar-refractivity contribution in [2.75, 3.05) is 31.1 Å². The van der Waals surface area contributed by atoms with E-state index in [2.05, 4.69) is 20.9 Å². The highest BCUT2D eigenvalue weighted by molar-refractivity contribution is 7.89. The molecule has 0 aliphatic carbocycles. The zero-order valence-electron chi connectivity index (χ0n) is 26.4. The number of rotatable bonds is 7. The molecule has 2 aliphatic heterocycles. The van der Waals surface area contributed by atoms with Crippen molar-refractivity contribution < 1.29 is 17.9 Å². The van der Waals surface area contributed by atoms with Gasteiger partial charge in [-0.25, -0.2) is 23.2 Å². The summed E-state index contributed by atoms with van der Waals surface area (Å²) in [7, 11) is -0.265.